The van der Waals surface area contributed by atoms with Gasteiger partial charge in [0.1, 0.15) is 6.04 Å². The van der Waals surface area contributed by atoms with E-state index in [1.807, 2.05) is 12.1 Å². The van der Waals surface area contributed by atoms with Crippen LogP contribution in [0.2, 0.25) is 0 Å². The van der Waals surface area contributed by atoms with E-state index in [9.17, 15) is 14.4 Å². The van der Waals surface area contributed by atoms with Crippen molar-refractivity contribution in [2.45, 2.75) is 31.7 Å². The number of carbonyl (C=O) groups is 3. The molecule has 0 bridgehead atoms. The number of hydrogen-bond donors (Lipinski definition) is 2. The van der Waals surface area contributed by atoms with Crippen molar-refractivity contribution in [3.63, 3.8) is 0 Å². The largest absolute Gasteiger partial charge is 0.344 e. The number of carbonyl (C=O) groups excluding carboxylic acids is 3. The van der Waals surface area contributed by atoms with Crippen LogP contribution in [-0.4, -0.2) is 28.7 Å². The minimum Gasteiger partial charge on any atom is -0.344 e. The maximum atomic E-state index is 11.7. The molecule has 1 saturated heterocycles. The van der Waals surface area contributed by atoms with Crippen LogP contribution in [0.15, 0.2) is 24.5 Å². The third-order valence-electron chi connectivity index (χ3n) is 2.96. The highest BCUT2D eigenvalue weighted by atomic mass is 16.2. The molecular formula is C13H15N3O3. The molecule has 0 aliphatic carbocycles. The Morgan fingerprint density at radius 1 is 1.37 bits per heavy atom. The van der Waals surface area contributed by atoms with Crippen molar-refractivity contribution < 1.29 is 14.4 Å². The number of pyridine rings is 1. The van der Waals surface area contributed by atoms with Gasteiger partial charge in [-0.1, -0.05) is 0 Å². The van der Waals surface area contributed by atoms with Crippen molar-refractivity contribution in [3.05, 3.63) is 30.1 Å². The van der Waals surface area contributed by atoms with Crippen molar-refractivity contribution in [1.82, 2.24) is 15.6 Å². The van der Waals surface area contributed by atoms with Gasteiger partial charge in [0.2, 0.25) is 17.7 Å². The van der Waals surface area contributed by atoms with Crippen LogP contribution in [0, 0.1) is 0 Å². The van der Waals surface area contributed by atoms with Crippen molar-refractivity contribution in [2.75, 3.05) is 0 Å². The Morgan fingerprint density at radius 3 is 2.79 bits per heavy atom. The first kappa shape index (κ1) is 13.2. The van der Waals surface area contributed by atoms with E-state index in [1.165, 1.54) is 0 Å². The minimum atomic E-state index is -0.595. The Balaban J connectivity index is 1.78. The summed E-state index contributed by atoms with van der Waals surface area (Å²) in [5.74, 6) is -0.896. The van der Waals surface area contributed by atoms with E-state index < -0.39 is 11.9 Å². The standard InChI is InChI=1S/C13H15N3O3/c17-11(3-1-9-5-7-14-8-6-9)15-10-2-4-12(18)16-13(10)19/h5-8,10H,1-4H2,(H,15,17)(H,16,18,19). The average Bonchev–Trinajstić information content (AvgIpc) is 2.41. The molecule has 19 heavy (non-hydrogen) atoms. The molecule has 1 fully saturated rings. The molecule has 3 amide bonds. The van der Waals surface area contributed by atoms with Gasteiger partial charge in [0.15, 0.2) is 0 Å². The summed E-state index contributed by atoms with van der Waals surface area (Å²) in [5.41, 5.74) is 1.02. The summed E-state index contributed by atoms with van der Waals surface area (Å²) in [6, 6.07) is 3.10. The number of piperidine rings is 1. The molecule has 1 aromatic heterocycles. The highest BCUT2D eigenvalue weighted by Crippen LogP contribution is 2.06. The first-order chi connectivity index (χ1) is 9.15. The summed E-state index contributed by atoms with van der Waals surface area (Å²) in [7, 11) is 0. The quantitative estimate of drug-likeness (QED) is 0.743. The minimum absolute atomic E-state index is 0.189. The molecule has 6 nitrogen and oxygen atoms in total. The lowest BCUT2D eigenvalue weighted by Crippen LogP contribution is -2.52. The van der Waals surface area contributed by atoms with Crippen molar-refractivity contribution >= 4 is 17.7 Å². The first-order valence-electron chi connectivity index (χ1n) is 6.17. The molecule has 0 radical (unpaired) electrons. The van der Waals surface area contributed by atoms with Crippen LogP contribution in [0.4, 0.5) is 0 Å². The lowest BCUT2D eigenvalue weighted by molar-refractivity contribution is -0.137. The van der Waals surface area contributed by atoms with E-state index in [0.717, 1.165) is 5.56 Å². The lowest BCUT2D eigenvalue weighted by atomic mass is 10.1. The first-order valence-corrected chi connectivity index (χ1v) is 6.17. The fraction of sp³-hybridized carbons (Fsp3) is 0.385. The molecule has 0 spiro atoms. The lowest BCUT2D eigenvalue weighted by Gasteiger charge is -2.21. The van der Waals surface area contributed by atoms with Crippen LogP contribution >= 0.6 is 0 Å². The zero-order chi connectivity index (χ0) is 13.7. The molecule has 2 N–H and O–H groups in total. The molecule has 1 aromatic rings. The van der Waals surface area contributed by atoms with Gasteiger partial charge in [0.05, 0.1) is 0 Å². The average molecular weight is 261 g/mol. The van der Waals surface area contributed by atoms with E-state index >= 15 is 0 Å². The third kappa shape index (κ3) is 3.87. The maximum Gasteiger partial charge on any atom is 0.249 e. The summed E-state index contributed by atoms with van der Waals surface area (Å²) in [6.45, 7) is 0. The second-order valence-corrected chi connectivity index (χ2v) is 4.43. The molecule has 0 saturated carbocycles. The summed E-state index contributed by atoms with van der Waals surface area (Å²) >= 11 is 0. The fourth-order valence-corrected chi connectivity index (χ4v) is 1.91. The van der Waals surface area contributed by atoms with Crippen molar-refractivity contribution in [1.29, 1.82) is 0 Å². The molecule has 2 rings (SSSR count). The smallest absolute Gasteiger partial charge is 0.249 e. The van der Waals surface area contributed by atoms with Gasteiger partial charge in [0, 0.05) is 25.2 Å². The van der Waals surface area contributed by atoms with Gasteiger partial charge < -0.3 is 5.32 Å². The van der Waals surface area contributed by atoms with Gasteiger partial charge in [-0.15, -0.1) is 0 Å². The van der Waals surface area contributed by atoms with E-state index in [1.54, 1.807) is 12.4 Å². The summed E-state index contributed by atoms with van der Waals surface area (Å²) < 4.78 is 0. The highest BCUT2D eigenvalue weighted by molar-refractivity contribution is 6.01. The highest BCUT2D eigenvalue weighted by Gasteiger charge is 2.27. The Hall–Kier alpha value is -2.24. The summed E-state index contributed by atoms with van der Waals surface area (Å²) in [6.07, 6.45) is 4.89. The van der Waals surface area contributed by atoms with Crippen LogP contribution in [0.25, 0.3) is 0 Å². The molecule has 1 atom stereocenters. The normalized spacial score (nSPS) is 18.8. The molecule has 0 aromatic carbocycles. The van der Waals surface area contributed by atoms with Gasteiger partial charge in [-0.05, 0) is 30.5 Å². The Labute approximate surface area is 110 Å². The van der Waals surface area contributed by atoms with E-state index in [0.29, 0.717) is 19.3 Å². The van der Waals surface area contributed by atoms with Crippen molar-refractivity contribution in [3.8, 4) is 0 Å². The van der Waals surface area contributed by atoms with E-state index in [-0.39, 0.29) is 18.2 Å². The van der Waals surface area contributed by atoms with Crippen LogP contribution in [0.3, 0.4) is 0 Å². The number of amides is 3. The second-order valence-electron chi connectivity index (χ2n) is 4.43. The molecule has 1 unspecified atom stereocenters. The van der Waals surface area contributed by atoms with Gasteiger partial charge >= 0.3 is 0 Å². The van der Waals surface area contributed by atoms with Crippen LogP contribution < -0.4 is 10.6 Å². The molecule has 6 heteroatoms. The number of aryl methyl sites for hydroxylation is 1. The third-order valence-corrected chi connectivity index (χ3v) is 2.96. The molecular weight excluding hydrogens is 246 g/mol. The zero-order valence-corrected chi connectivity index (χ0v) is 10.4. The van der Waals surface area contributed by atoms with E-state index in [2.05, 4.69) is 15.6 Å². The monoisotopic (exact) mass is 261 g/mol. The predicted molar refractivity (Wildman–Crippen MR) is 66.9 cm³/mol. The number of aromatic nitrogens is 1. The number of nitrogens with one attached hydrogen (secondary N) is 2. The Morgan fingerprint density at radius 2 is 2.11 bits per heavy atom. The van der Waals surface area contributed by atoms with Crippen LogP contribution in [-0.2, 0) is 20.8 Å². The van der Waals surface area contributed by atoms with E-state index in [4.69, 9.17) is 0 Å². The van der Waals surface area contributed by atoms with Crippen LogP contribution in [0.5, 0.6) is 0 Å². The topological polar surface area (TPSA) is 88.2 Å². The van der Waals surface area contributed by atoms with Gasteiger partial charge in [-0.3, -0.25) is 24.7 Å². The fourth-order valence-electron chi connectivity index (χ4n) is 1.91. The summed E-state index contributed by atoms with van der Waals surface area (Å²) in [4.78, 5) is 38.0. The molecule has 1 aliphatic rings. The number of rotatable bonds is 4. The summed E-state index contributed by atoms with van der Waals surface area (Å²) in [5, 5.41) is 4.85. The van der Waals surface area contributed by atoms with Crippen molar-refractivity contribution in [2.24, 2.45) is 0 Å². The number of hydrogen-bond acceptors (Lipinski definition) is 4. The maximum absolute atomic E-state index is 11.7. The Bertz CT molecular complexity index is 487. The zero-order valence-electron chi connectivity index (χ0n) is 10.4. The van der Waals surface area contributed by atoms with Gasteiger partial charge in [-0.25, -0.2) is 0 Å². The van der Waals surface area contributed by atoms with Gasteiger partial charge in [-0.2, -0.15) is 0 Å². The SMILES string of the molecule is O=C1CCC(NC(=O)CCc2ccncc2)C(=O)N1. The van der Waals surface area contributed by atoms with Crippen LogP contribution in [0.1, 0.15) is 24.8 Å². The molecule has 2 heterocycles. The molecule has 1 aliphatic heterocycles. The Kier molecular flexibility index (Phi) is 4.22. The molecule has 100 valence electrons. The van der Waals surface area contributed by atoms with Gasteiger partial charge in [0.25, 0.3) is 0 Å². The second kappa shape index (κ2) is 6.08. The number of imide groups is 1. The number of nitrogens with zero attached hydrogens (tertiary/aromatic N) is 1. The predicted octanol–water partition coefficient (Wildman–Crippen LogP) is -0.0644.